The molecule has 2 nitrogen and oxygen atoms in total. The van der Waals surface area contributed by atoms with E-state index < -0.39 is 0 Å². The predicted molar refractivity (Wildman–Crippen MR) is 68.0 cm³/mol. The second kappa shape index (κ2) is 5.24. The van der Waals surface area contributed by atoms with Gasteiger partial charge in [0.2, 0.25) is 0 Å². The van der Waals surface area contributed by atoms with Gasteiger partial charge in [-0.15, -0.1) is 0 Å². The van der Waals surface area contributed by atoms with Crippen LogP contribution in [0.1, 0.15) is 44.1 Å². The minimum absolute atomic E-state index is 0.351. The molecule has 2 N–H and O–H groups in total. The predicted octanol–water partition coefficient (Wildman–Crippen LogP) is 3.84. The number of nitrogens with one attached hydrogen (secondary N) is 1. The van der Waals surface area contributed by atoms with Crippen LogP contribution in [0.4, 0.5) is 5.69 Å². The summed E-state index contributed by atoms with van der Waals surface area (Å²) in [7, 11) is 0. The molecule has 0 spiro atoms. The standard InChI is InChI=1S/C14H21NO/c1-11-10-13(16)8-9-14(11)15-12-6-4-2-3-5-7-12/h8-10,12,15-16H,2-7H2,1H3. The first kappa shape index (κ1) is 11.3. The summed E-state index contributed by atoms with van der Waals surface area (Å²) in [5, 5.41) is 13.0. The molecule has 1 aromatic rings. The van der Waals surface area contributed by atoms with Gasteiger partial charge in [-0.25, -0.2) is 0 Å². The van der Waals surface area contributed by atoms with E-state index in [0.29, 0.717) is 11.8 Å². The normalized spacial score (nSPS) is 18.1. The lowest BCUT2D eigenvalue weighted by molar-refractivity contribution is 0.475. The topological polar surface area (TPSA) is 32.3 Å². The third-order valence-corrected chi connectivity index (χ3v) is 3.42. The Morgan fingerprint density at radius 2 is 1.81 bits per heavy atom. The van der Waals surface area contributed by atoms with E-state index >= 15 is 0 Å². The average molecular weight is 219 g/mol. The van der Waals surface area contributed by atoms with Crippen LogP contribution in [0, 0.1) is 6.92 Å². The molecule has 1 aliphatic rings. The Labute approximate surface area is 97.7 Å². The first-order valence-corrected chi connectivity index (χ1v) is 6.32. The lowest BCUT2D eigenvalue weighted by Crippen LogP contribution is -2.18. The molecule has 0 unspecified atom stereocenters. The smallest absolute Gasteiger partial charge is 0.115 e. The molecule has 2 heteroatoms. The van der Waals surface area contributed by atoms with Crippen molar-refractivity contribution in [2.24, 2.45) is 0 Å². The average Bonchev–Trinajstić information content (AvgIpc) is 2.51. The van der Waals surface area contributed by atoms with Crippen LogP contribution in [0.2, 0.25) is 0 Å². The summed E-state index contributed by atoms with van der Waals surface area (Å²) >= 11 is 0. The monoisotopic (exact) mass is 219 g/mol. The molecule has 1 aliphatic carbocycles. The third kappa shape index (κ3) is 2.91. The zero-order valence-corrected chi connectivity index (χ0v) is 10.00. The van der Waals surface area contributed by atoms with Crippen molar-refractivity contribution in [2.75, 3.05) is 5.32 Å². The Morgan fingerprint density at radius 3 is 2.44 bits per heavy atom. The van der Waals surface area contributed by atoms with Gasteiger partial charge in [-0.2, -0.15) is 0 Å². The molecule has 0 atom stereocenters. The van der Waals surface area contributed by atoms with Crippen molar-refractivity contribution in [3.8, 4) is 5.75 Å². The van der Waals surface area contributed by atoms with Crippen molar-refractivity contribution in [3.05, 3.63) is 23.8 Å². The number of anilines is 1. The highest BCUT2D eigenvalue weighted by Crippen LogP contribution is 2.25. The second-order valence-corrected chi connectivity index (χ2v) is 4.83. The van der Waals surface area contributed by atoms with Gasteiger partial charge in [0.15, 0.2) is 0 Å². The summed E-state index contributed by atoms with van der Waals surface area (Å²) in [5.74, 6) is 0.351. The molecule has 2 rings (SSSR count). The van der Waals surface area contributed by atoms with Crippen LogP contribution in [0.25, 0.3) is 0 Å². The molecule has 1 saturated carbocycles. The van der Waals surface area contributed by atoms with Gasteiger partial charge in [-0.05, 0) is 43.5 Å². The van der Waals surface area contributed by atoms with Crippen molar-refractivity contribution in [1.29, 1.82) is 0 Å². The van der Waals surface area contributed by atoms with E-state index in [1.54, 1.807) is 6.07 Å². The first-order valence-electron chi connectivity index (χ1n) is 6.32. The SMILES string of the molecule is Cc1cc(O)ccc1NC1CCCCCC1. The Kier molecular flexibility index (Phi) is 3.70. The second-order valence-electron chi connectivity index (χ2n) is 4.83. The van der Waals surface area contributed by atoms with Crippen LogP contribution < -0.4 is 5.32 Å². The Balaban J connectivity index is 2.01. The summed E-state index contributed by atoms with van der Waals surface area (Å²) in [4.78, 5) is 0. The van der Waals surface area contributed by atoms with Crippen LogP contribution >= 0.6 is 0 Å². The Bertz CT molecular complexity index is 341. The van der Waals surface area contributed by atoms with Gasteiger partial charge in [0.1, 0.15) is 5.75 Å². The molecular weight excluding hydrogens is 198 g/mol. The van der Waals surface area contributed by atoms with Gasteiger partial charge in [0.05, 0.1) is 0 Å². The molecule has 0 radical (unpaired) electrons. The molecule has 0 saturated heterocycles. The summed E-state index contributed by atoms with van der Waals surface area (Å²) in [6, 6.07) is 6.17. The minimum atomic E-state index is 0.351. The van der Waals surface area contributed by atoms with E-state index in [0.717, 1.165) is 5.56 Å². The van der Waals surface area contributed by atoms with Crippen LogP contribution in [0.15, 0.2) is 18.2 Å². The number of rotatable bonds is 2. The molecule has 16 heavy (non-hydrogen) atoms. The Hall–Kier alpha value is -1.18. The number of phenolic OH excluding ortho intramolecular Hbond substituents is 1. The van der Waals surface area contributed by atoms with Crippen molar-refractivity contribution in [2.45, 2.75) is 51.5 Å². The van der Waals surface area contributed by atoms with Gasteiger partial charge >= 0.3 is 0 Å². The van der Waals surface area contributed by atoms with Gasteiger partial charge in [-0.1, -0.05) is 25.7 Å². The van der Waals surface area contributed by atoms with Crippen LogP contribution in [-0.2, 0) is 0 Å². The molecule has 1 aromatic carbocycles. The van der Waals surface area contributed by atoms with E-state index in [-0.39, 0.29) is 0 Å². The zero-order valence-electron chi connectivity index (χ0n) is 10.00. The summed E-state index contributed by atoms with van der Waals surface area (Å²) in [6.45, 7) is 2.04. The molecule has 0 bridgehead atoms. The minimum Gasteiger partial charge on any atom is -0.508 e. The maximum atomic E-state index is 9.36. The van der Waals surface area contributed by atoms with Gasteiger partial charge < -0.3 is 10.4 Å². The number of hydrogen-bond donors (Lipinski definition) is 2. The number of phenols is 1. The first-order chi connectivity index (χ1) is 7.75. The summed E-state index contributed by atoms with van der Waals surface area (Å²) < 4.78 is 0. The fourth-order valence-electron chi connectivity index (χ4n) is 2.45. The highest BCUT2D eigenvalue weighted by atomic mass is 16.3. The molecule has 1 fully saturated rings. The number of benzene rings is 1. The van der Waals surface area contributed by atoms with E-state index in [9.17, 15) is 5.11 Å². The highest BCUT2D eigenvalue weighted by Gasteiger charge is 2.12. The molecular formula is C14H21NO. The molecule has 0 aromatic heterocycles. The van der Waals surface area contributed by atoms with E-state index in [1.165, 1.54) is 44.2 Å². The lowest BCUT2D eigenvalue weighted by atomic mass is 10.1. The van der Waals surface area contributed by atoms with E-state index in [2.05, 4.69) is 5.32 Å². The van der Waals surface area contributed by atoms with Crippen molar-refractivity contribution in [3.63, 3.8) is 0 Å². The van der Waals surface area contributed by atoms with Crippen molar-refractivity contribution < 1.29 is 5.11 Å². The molecule has 88 valence electrons. The number of aryl methyl sites for hydroxylation is 1. The van der Waals surface area contributed by atoms with Gasteiger partial charge in [0.25, 0.3) is 0 Å². The van der Waals surface area contributed by atoms with E-state index in [4.69, 9.17) is 0 Å². The number of aromatic hydroxyl groups is 1. The maximum absolute atomic E-state index is 9.36. The number of hydrogen-bond acceptors (Lipinski definition) is 2. The Morgan fingerprint density at radius 1 is 1.12 bits per heavy atom. The van der Waals surface area contributed by atoms with Crippen molar-refractivity contribution in [1.82, 2.24) is 0 Å². The fourth-order valence-corrected chi connectivity index (χ4v) is 2.45. The van der Waals surface area contributed by atoms with Crippen LogP contribution in [0.3, 0.4) is 0 Å². The lowest BCUT2D eigenvalue weighted by Gasteiger charge is -2.19. The molecule has 0 amide bonds. The highest BCUT2D eigenvalue weighted by molar-refractivity contribution is 5.53. The van der Waals surface area contributed by atoms with Gasteiger partial charge in [-0.3, -0.25) is 0 Å². The van der Waals surface area contributed by atoms with Gasteiger partial charge in [0, 0.05) is 11.7 Å². The van der Waals surface area contributed by atoms with Crippen LogP contribution in [0.5, 0.6) is 5.75 Å². The summed E-state index contributed by atoms with van der Waals surface area (Å²) in [6.07, 6.45) is 8.00. The van der Waals surface area contributed by atoms with Crippen molar-refractivity contribution >= 4 is 5.69 Å². The molecule has 0 aliphatic heterocycles. The fraction of sp³-hybridized carbons (Fsp3) is 0.571. The third-order valence-electron chi connectivity index (χ3n) is 3.42. The van der Waals surface area contributed by atoms with Crippen LogP contribution in [-0.4, -0.2) is 11.1 Å². The largest absolute Gasteiger partial charge is 0.508 e. The zero-order chi connectivity index (χ0) is 11.4. The maximum Gasteiger partial charge on any atom is 0.115 e. The quantitative estimate of drug-likeness (QED) is 0.585. The molecule has 0 heterocycles. The summed E-state index contributed by atoms with van der Waals surface area (Å²) in [5.41, 5.74) is 2.30. The van der Waals surface area contributed by atoms with E-state index in [1.807, 2.05) is 19.1 Å².